The number of urea groups is 1. The van der Waals surface area contributed by atoms with Gasteiger partial charge in [0.25, 0.3) is 0 Å². The molecule has 24 heavy (non-hydrogen) atoms. The number of ether oxygens (including phenoxy) is 1. The Balaban J connectivity index is 1.66. The van der Waals surface area contributed by atoms with E-state index in [0.717, 1.165) is 12.8 Å². The van der Waals surface area contributed by atoms with Crippen LogP contribution >= 0.6 is 0 Å². The molecule has 1 saturated carbocycles. The highest BCUT2D eigenvalue weighted by Gasteiger charge is 2.21. The molecule has 0 spiro atoms. The summed E-state index contributed by atoms with van der Waals surface area (Å²) in [4.78, 5) is 13.1. The summed E-state index contributed by atoms with van der Waals surface area (Å²) in [6, 6.07) is 7.67. The minimum atomic E-state index is -0.176. The first-order chi connectivity index (χ1) is 11.6. The van der Waals surface area contributed by atoms with Crippen molar-refractivity contribution in [3.8, 4) is 11.8 Å². The molecule has 0 radical (unpaired) electrons. The molecule has 0 bridgehead atoms. The average Bonchev–Trinajstić information content (AvgIpc) is 3.05. The number of amides is 2. The van der Waals surface area contributed by atoms with Crippen LogP contribution in [-0.2, 0) is 0 Å². The summed E-state index contributed by atoms with van der Waals surface area (Å²) in [7, 11) is 3.38. The Morgan fingerprint density at radius 2 is 1.92 bits per heavy atom. The van der Waals surface area contributed by atoms with Gasteiger partial charge in [0.2, 0.25) is 0 Å². The van der Waals surface area contributed by atoms with Crippen molar-refractivity contribution in [3.05, 3.63) is 24.3 Å². The lowest BCUT2D eigenvalue weighted by molar-refractivity contribution is 0.230. The van der Waals surface area contributed by atoms with Crippen LogP contribution in [0.4, 0.5) is 10.5 Å². The molecule has 1 heterocycles. The van der Waals surface area contributed by atoms with Gasteiger partial charge in [0, 0.05) is 19.8 Å². The van der Waals surface area contributed by atoms with Crippen molar-refractivity contribution < 1.29 is 9.53 Å². The summed E-state index contributed by atoms with van der Waals surface area (Å²) in [6.07, 6.45) is 5.83. The quantitative estimate of drug-likeness (QED) is 0.931. The third-order valence-electron chi connectivity index (χ3n) is 4.10. The molecule has 0 unspecified atom stereocenters. The molecule has 1 aromatic heterocycles. The van der Waals surface area contributed by atoms with Crippen LogP contribution in [0.1, 0.15) is 38.1 Å². The summed E-state index contributed by atoms with van der Waals surface area (Å²) in [5.74, 6) is 0.629. The van der Waals surface area contributed by atoms with E-state index in [1.807, 2.05) is 0 Å². The second-order valence-corrected chi connectivity index (χ2v) is 6.15. The SMILES string of the molecule is CN(C)C(=O)Nc1ccc(Oc2nnnn2C2CCCCC2)cc1. The summed E-state index contributed by atoms with van der Waals surface area (Å²) in [6.45, 7) is 0. The summed E-state index contributed by atoms with van der Waals surface area (Å²) in [5.41, 5.74) is 0.702. The number of carbonyl (C=O) groups is 1. The van der Waals surface area contributed by atoms with Gasteiger partial charge in [-0.2, -0.15) is 4.68 Å². The molecule has 0 saturated heterocycles. The number of rotatable bonds is 4. The number of nitrogens with one attached hydrogen (secondary N) is 1. The minimum Gasteiger partial charge on any atom is -0.423 e. The van der Waals surface area contributed by atoms with Crippen molar-refractivity contribution in [2.75, 3.05) is 19.4 Å². The van der Waals surface area contributed by atoms with Crippen LogP contribution in [0.2, 0.25) is 0 Å². The number of anilines is 1. The van der Waals surface area contributed by atoms with Crippen LogP contribution in [0.25, 0.3) is 0 Å². The molecule has 8 nitrogen and oxygen atoms in total. The third-order valence-corrected chi connectivity index (χ3v) is 4.10. The fourth-order valence-electron chi connectivity index (χ4n) is 2.75. The lowest BCUT2D eigenvalue weighted by Gasteiger charge is -2.21. The summed E-state index contributed by atoms with van der Waals surface area (Å²) < 4.78 is 7.59. The van der Waals surface area contributed by atoms with Crippen molar-refractivity contribution in [2.45, 2.75) is 38.1 Å². The van der Waals surface area contributed by atoms with Gasteiger partial charge in [-0.25, -0.2) is 4.79 Å². The van der Waals surface area contributed by atoms with Crippen LogP contribution in [-0.4, -0.2) is 45.2 Å². The first-order valence-electron chi connectivity index (χ1n) is 8.17. The van der Waals surface area contributed by atoms with E-state index in [-0.39, 0.29) is 6.03 Å². The third kappa shape index (κ3) is 3.81. The van der Waals surface area contributed by atoms with Crippen LogP contribution < -0.4 is 10.1 Å². The predicted molar refractivity (Wildman–Crippen MR) is 89.2 cm³/mol. The van der Waals surface area contributed by atoms with E-state index >= 15 is 0 Å². The number of hydrogen-bond donors (Lipinski definition) is 1. The fourth-order valence-corrected chi connectivity index (χ4v) is 2.75. The van der Waals surface area contributed by atoms with Gasteiger partial charge in [0.15, 0.2) is 0 Å². The van der Waals surface area contributed by atoms with E-state index in [4.69, 9.17) is 4.74 Å². The zero-order chi connectivity index (χ0) is 16.9. The molecule has 1 aliphatic rings. The van der Waals surface area contributed by atoms with E-state index in [0.29, 0.717) is 23.5 Å². The second-order valence-electron chi connectivity index (χ2n) is 6.15. The molecule has 0 aliphatic heterocycles. The predicted octanol–water partition coefficient (Wildman–Crippen LogP) is 3.06. The standard InChI is InChI=1S/C16H22N6O2/c1-21(2)15(23)17-12-8-10-14(11-9-12)24-16-18-19-20-22(16)13-6-4-3-5-7-13/h8-11,13H,3-7H2,1-2H3,(H,17,23). The maximum atomic E-state index is 11.6. The highest BCUT2D eigenvalue weighted by atomic mass is 16.5. The Morgan fingerprint density at radius 3 is 2.58 bits per heavy atom. The average molecular weight is 330 g/mol. The first-order valence-corrected chi connectivity index (χ1v) is 8.17. The number of benzene rings is 1. The first kappa shape index (κ1) is 16.2. The maximum absolute atomic E-state index is 11.6. The summed E-state index contributed by atoms with van der Waals surface area (Å²) in [5, 5.41) is 14.6. The Bertz CT molecular complexity index is 676. The van der Waals surface area contributed by atoms with E-state index in [1.165, 1.54) is 24.2 Å². The van der Waals surface area contributed by atoms with Gasteiger partial charge >= 0.3 is 12.0 Å². The number of tetrazole rings is 1. The summed E-state index contributed by atoms with van der Waals surface area (Å²) >= 11 is 0. The van der Waals surface area contributed by atoms with Crippen LogP contribution in [0.5, 0.6) is 11.8 Å². The van der Waals surface area contributed by atoms with Gasteiger partial charge in [-0.15, -0.1) is 0 Å². The molecule has 3 rings (SSSR count). The lowest BCUT2D eigenvalue weighted by Crippen LogP contribution is -2.27. The second kappa shape index (κ2) is 7.29. The monoisotopic (exact) mass is 330 g/mol. The molecule has 1 aromatic carbocycles. The van der Waals surface area contributed by atoms with Crippen molar-refractivity contribution in [1.82, 2.24) is 25.1 Å². The number of hydrogen-bond acceptors (Lipinski definition) is 5. The van der Waals surface area contributed by atoms with Crippen molar-refractivity contribution >= 4 is 11.7 Å². The molecule has 1 aliphatic carbocycles. The molecule has 2 aromatic rings. The lowest BCUT2D eigenvalue weighted by atomic mass is 9.96. The van der Waals surface area contributed by atoms with Gasteiger partial charge in [0.1, 0.15) is 5.75 Å². The van der Waals surface area contributed by atoms with Crippen LogP contribution in [0.15, 0.2) is 24.3 Å². The molecule has 8 heteroatoms. The van der Waals surface area contributed by atoms with Crippen molar-refractivity contribution in [3.63, 3.8) is 0 Å². The Kier molecular flexibility index (Phi) is 4.93. The minimum absolute atomic E-state index is 0.176. The van der Waals surface area contributed by atoms with Gasteiger partial charge in [-0.05, 0) is 47.5 Å². The van der Waals surface area contributed by atoms with E-state index < -0.39 is 0 Å². The molecule has 2 amide bonds. The molecular weight excluding hydrogens is 308 g/mol. The molecule has 0 atom stereocenters. The van der Waals surface area contributed by atoms with E-state index in [9.17, 15) is 4.79 Å². The number of nitrogens with zero attached hydrogens (tertiary/aromatic N) is 5. The van der Waals surface area contributed by atoms with Crippen LogP contribution in [0, 0.1) is 0 Å². The molecule has 128 valence electrons. The number of aromatic nitrogens is 4. The van der Waals surface area contributed by atoms with Gasteiger partial charge in [-0.3, -0.25) is 0 Å². The number of carbonyl (C=O) groups excluding carboxylic acids is 1. The smallest absolute Gasteiger partial charge is 0.341 e. The fraction of sp³-hybridized carbons (Fsp3) is 0.500. The Hall–Kier alpha value is -2.64. The zero-order valence-electron chi connectivity index (χ0n) is 14.0. The molecule has 1 N–H and O–H groups in total. The molecule has 1 fully saturated rings. The van der Waals surface area contributed by atoms with E-state index in [2.05, 4.69) is 20.8 Å². The highest BCUT2D eigenvalue weighted by Crippen LogP contribution is 2.31. The van der Waals surface area contributed by atoms with E-state index in [1.54, 1.807) is 43.0 Å². The molecular formula is C16H22N6O2. The maximum Gasteiger partial charge on any atom is 0.341 e. The highest BCUT2D eigenvalue weighted by molar-refractivity contribution is 5.88. The largest absolute Gasteiger partial charge is 0.423 e. The van der Waals surface area contributed by atoms with Gasteiger partial charge in [0.05, 0.1) is 6.04 Å². The van der Waals surface area contributed by atoms with Crippen LogP contribution in [0.3, 0.4) is 0 Å². The van der Waals surface area contributed by atoms with Gasteiger partial charge in [-0.1, -0.05) is 24.4 Å². The topological polar surface area (TPSA) is 85.2 Å². The van der Waals surface area contributed by atoms with Crippen molar-refractivity contribution in [1.29, 1.82) is 0 Å². The zero-order valence-corrected chi connectivity index (χ0v) is 14.0. The Morgan fingerprint density at radius 1 is 1.21 bits per heavy atom. The normalized spacial score (nSPS) is 15.1. The van der Waals surface area contributed by atoms with Gasteiger partial charge < -0.3 is 15.0 Å². The van der Waals surface area contributed by atoms with Crippen molar-refractivity contribution in [2.24, 2.45) is 0 Å². The Labute approximate surface area is 140 Å².